The molecular formula is C34H36F6N4O3. The van der Waals surface area contributed by atoms with Crippen LogP contribution >= 0.6 is 0 Å². The lowest BCUT2D eigenvalue weighted by molar-refractivity contribution is -0.138. The van der Waals surface area contributed by atoms with Gasteiger partial charge in [-0.15, -0.1) is 0 Å². The number of hydrogen-bond acceptors (Lipinski definition) is 7. The van der Waals surface area contributed by atoms with Crippen molar-refractivity contribution in [2.45, 2.75) is 51.2 Å². The molecule has 2 aromatic heterocycles. The Balaban J connectivity index is 0.000000180. The molecule has 0 saturated carbocycles. The fourth-order valence-corrected chi connectivity index (χ4v) is 4.82. The minimum Gasteiger partial charge on any atom is -0.508 e. The Bertz CT molecular complexity index is 1510. The van der Waals surface area contributed by atoms with Crippen LogP contribution in [0.3, 0.4) is 0 Å². The van der Waals surface area contributed by atoms with Gasteiger partial charge in [0.15, 0.2) is 0 Å². The minimum atomic E-state index is -4.35. The van der Waals surface area contributed by atoms with Crippen LogP contribution in [-0.2, 0) is 12.4 Å². The normalized spacial score (nSPS) is 17.8. The fourth-order valence-electron chi connectivity index (χ4n) is 4.82. The first-order valence-electron chi connectivity index (χ1n) is 14.9. The Labute approximate surface area is 269 Å². The van der Waals surface area contributed by atoms with Gasteiger partial charge in [-0.25, -0.2) is 9.97 Å². The summed E-state index contributed by atoms with van der Waals surface area (Å²) in [5, 5.41) is 18.1. The molecule has 252 valence electrons. The van der Waals surface area contributed by atoms with E-state index < -0.39 is 29.6 Å². The van der Waals surface area contributed by atoms with Gasteiger partial charge in [0.2, 0.25) is 0 Å². The predicted octanol–water partition coefficient (Wildman–Crippen LogP) is 7.44. The number of nitrogens with zero attached hydrogens (tertiary/aromatic N) is 4. The van der Waals surface area contributed by atoms with E-state index in [1.807, 2.05) is 55.1 Å². The highest BCUT2D eigenvalue weighted by Crippen LogP contribution is 2.31. The third-order valence-corrected chi connectivity index (χ3v) is 7.46. The number of aromatic nitrogens is 2. The van der Waals surface area contributed by atoms with Crippen molar-refractivity contribution in [1.82, 2.24) is 9.97 Å². The summed E-state index contributed by atoms with van der Waals surface area (Å²) in [6.07, 6.45) is -5.96. The molecule has 6 rings (SSSR count). The van der Waals surface area contributed by atoms with Crippen LogP contribution in [0.4, 0.5) is 38.0 Å². The summed E-state index contributed by atoms with van der Waals surface area (Å²) in [6.45, 7) is 6.38. The van der Waals surface area contributed by atoms with Gasteiger partial charge in [-0.1, -0.05) is 35.4 Å². The van der Waals surface area contributed by atoms with E-state index in [0.717, 1.165) is 43.2 Å². The lowest BCUT2D eigenvalue weighted by Crippen LogP contribution is -2.25. The number of aromatic hydroxyl groups is 1. The van der Waals surface area contributed by atoms with Gasteiger partial charge < -0.3 is 24.7 Å². The summed E-state index contributed by atoms with van der Waals surface area (Å²) in [4.78, 5) is 11.4. The molecule has 0 aliphatic carbocycles. The van der Waals surface area contributed by atoms with Gasteiger partial charge in [-0.2, -0.15) is 26.3 Å². The number of rotatable bonds is 4. The molecule has 2 unspecified atom stereocenters. The zero-order valence-corrected chi connectivity index (χ0v) is 25.8. The first kappa shape index (κ1) is 35.3. The third-order valence-electron chi connectivity index (χ3n) is 7.46. The molecule has 2 aliphatic heterocycles. The average molecular weight is 663 g/mol. The number of benzene rings is 2. The Morgan fingerprint density at radius 1 is 0.660 bits per heavy atom. The molecule has 2 aliphatic rings. The summed E-state index contributed by atoms with van der Waals surface area (Å²) >= 11 is 0. The van der Waals surface area contributed by atoms with Crippen molar-refractivity contribution in [3.8, 4) is 11.5 Å². The second kappa shape index (κ2) is 15.4. The molecule has 2 aromatic carbocycles. The number of pyridine rings is 2. The van der Waals surface area contributed by atoms with E-state index in [0.29, 0.717) is 43.4 Å². The minimum absolute atomic E-state index is 0.0156. The van der Waals surface area contributed by atoms with Crippen LogP contribution in [0.15, 0.2) is 85.2 Å². The van der Waals surface area contributed by atoms with E-state index in [-0.39, 0.29) is 6.10 Å². The van der Waals surface area contributed by atoms with Crippen LogP contribution < -0.4 is 14.5 Å². The fraction of sp³-hybridized carbons (Fsp3) is 0.353. The van der Waals surface area contributed by atoms with E-state index in [1.165, 1.54) is 23.3 Å². The maximum absolute atomic E-state index is 12.6. The molecule has 7 nitrogen and oxygen atoms in total. The van der Waals surface area contributed by atoms with Crippen molar-refractivity contribution in [3.63, 3.8) is 0 Å². The van der Waals surface area contributed by atoms with Crippen molar-refractivity contribution < 1.29 is 41.3 Å². The van der Waals surface area contributed by atoms with Crippen LogP contribution in [0.5, 0.6) is 11.5 Å². The van der Waals surface area contributed by atoms with Crippen LogP contribution in [0.1, 0.15) is 35.1 Å². The number of halogens is 6. The molecular weight excluding hydrogens is 626 g/mol. The summed E-state index contributed by atoms with van der Waals surface area (Å²) in [5.74, 6) is 2.16. The Morgan fingerprint density at radius 2 is 1.13 bits per heavy atom. The Morgan fingerprint density at radius 3 is 1.53 bits per heavy atom. The molecule has 2 saturated heterocycles. The topological polar surface area (TPSA) is 82.0 Å². The number of alkyl halides is 6. The number of phenols is 1. The van der Waals surface area contributed by atoms with E-state index in [1.54, 1.807) is 17.0 Å². The third kappa shape index (κ3) is 10.8. The smallest absolute Gasteiger partial charge is 0.417 e. The number of hydrogen-bond donors (Lipinski definition) is 2. The van der Waals surface area contributed by atoms with Gasteiger partial charge in [-0.05, 0) is 68.8 Å². The number of aliphatic hydroxyl groups excluding tert-OH is 1. The summed E-state index contributed by atoms with van der Waals surface area (Å²) in [5.41, 5.74) is 0.853. The molecule has 2 fully saturated rings. The zero-order chi connectivity index (χ0) is 34.2. The lowest BCUT2D eigenvalue weighted by Gasteiger charge is -2.18. The van der Waals surface area contributed by atoms with Gasteiger partial charge in [-0.3, -0.25) is 0 Å². The maximum atomic E-state index is 12.6. The van der Waals surface area contributed by atoms with Crippen LogP contribution in [-0.4, -0.2) is 58.6 Å². The van der Waals surface area contributed by atoms with Crippen molar-refractivity contribution in [2.75, 3.05) is 36.0 Å². The van der Waals surface area contributed by atoms with Crippen LogP contribution in [0.2, 0.25) is 0 Å². The first-order valence-corrected chi connectivity index (χ1v) is 14.9. The Kier molecular flexibility index (Phi) is 11.6. The standard InChI is InChI=1S/C17H17F3N2O.C10H11F3N2O.C7H8O/c1-12-2-5-14(6-3-12)23-15-8-9-22(11-15)16-7-4-13(10-21-16)17(18,19)20;11-10(12,13)7-1-2-9(14-5-7)15-4-3-8(16)6-15;1-6-2-4-7(8)5-3-6/h2-7,10,15H,8-9,11H2,1H3;1-2,5,8,16H,3-4,6H2;2-5,8H,1H3. The average Bonchev–Trinajstić information content (AvgIpc) is 3.69. The van der Waals surface area contributed by atoms with Gasteiger partial charge >= 0.3 is 12.4 Å². The number of anilines is 2. The Hall–Kier alpha value is -4.52. The number of aryl methyl sites for hydroxylation is 2. The van der Waals surface area contributed by atoms with E-state index in [9.17, 15) is 31.4 Å². The molecule has 4 aromatic rings. The van der Waals surface area contributed by atoms with Gasteiger partial charge in [0, 0.05) is 38.4 Å². The number of β-amino-alcohol motifs (C(OH)–C–C–N with tert-alkyl or cyclic N) is 1. The van der Waals surface area contributed by atoms with Crippen molar-refractivity contribution in [2.24, 2.45) is 0 Å². The molecule has 0 spiro atoms. The van der Waals surface area contributed by atoms with Crippen molar-refractivity contribution in [1.29, 1.82) is 0 Å². The highest BCUT2D eigenvalue weighted by Gasteiger charge is 2.32. The summed E-state index contributed by atoms with van der Waals surface area (Å²) in [7, 11) is 0. The monoisotopic (exact) mass is 662 g/mol. The van der Waals surface area contributed by atoms with E-state index in [2.05, 4.69) is 9.97 Å². The molecule has 4 heterocycles. The van der Waals surface area contributed by atoms with Crippen LogP contribution in [0.25, 0.3) is 0 Å². The number of phenolic OH excluding ortho intramolecular Hbond substituents is 1. The van der Waals surface area contributed by atoms with Gasteiger partial charge in [0.05, 0.1) is 23.8 Å². The van der Waals surface area contributed by atoms with Gasteiger partial charge in [0.1, 0.15) is 29.2 Å². The largest absolute Gasteiger partial charge is 0.508 e. The maximum Gasteiger partial charge on any atom is 0.417 e. The molecule has 47 heavy (non-hydrogen) atoms. The molecule has 0 radical (unpaired) electrons. The molecule has 2 atom stereocenters. The second-order valence-corrected chi connectivity index (χ2v) is 11.3. The highest BCUT2D eigenvalue weighted by molar-refractivity contribution is 5.42. The SMILES string of the molecule is Cc1ccc(O)cc1.Cc1ccc(OC2CCN(c3ccc(C(F)(F)F)cn3)C2)cc1.OC1CCN(c2ccc(C(F)(F)F)cn2)C1. The van der Waals surface area contributed by atoms with Crippen molar-refractivity contribution >= 4 is 11.6 Å². The number of aliphatic hydroxyl groups is 1. The molecule has 0 bridgehead atoms. The van der Waals surface area contributed by atoms with E-state index >= 15 is 0 Å². The predicted molar refractivity (Wildman–Crippen MR) is 167 cm³/mol. The zero-order valence-electron chi connectivity index (χ0n) is 25.8. The van der Waals surface area contributed by atoms with Crippen molar-refractivity contribution in [3.05, 3.63) is 107 Å². The van der Waals surface area contributed by atoms with Gasteiger partial charge in [0.25, 0.3) is 0 Å². The molecule has 13 heteroatoms. The van der Waals surface area contributed by atoms with Crippen LogP contribution in [0, 0.1) is 13.8 Å². The highest BCUT2D eigenvalue weighted by atomic mass is 19.4. The lowest BCUT2D eigenvalue weighted by atomic mass is 10.2. The number of ether oxygens (including phenoxy) is 1. The molecule has 0 amide bonds. The van der Waals surface area contributed by atoms with E-state index in [4.69, 9.17) is 9.84 Å². The second-order valence-electron chi connectivity index (χ2n) is 11.3. The first-order chi connectivity index (χ1) is 22.2. The quantitative estimate of drug-likeness (QED) is 0.220. The molecule has 2 N–H and O–H groups in total. The summed E-state index contributed by atoms with van der Waals surface area (Å²) in [6, 6.07) is 19.7. The summed E-state index contributed by atoms with van der Waals surface area (Å²) < 4.78 is 80.4.